The Balaban J connectivity index is 1.66. The number of nitrogens with zero attached hydrogens (tertiary/aromatic N) is 3. The minimum absolute atomic E-state index is 0.306. The van der Waals surface area contributed by atoms with Gasteiger partial charge in [0.25, 0.3) is 5.91 Å². The van der Waals surface area contributed by atoms with Crippen molar-refractivity contribution >= 4 is 22.6 Å². The molecule has 0 radical (unpaired) electrons. The molecular weight excluding hydrogens is 432 g/mol. The van der Waals surface area contributed by atoms with Gasteiger partial charge < -0.3 is 19.5 Å². The summed E-state index contributed by atoms with van der Waals surface area (Å²) in [5.41, 5.74) is 3.43. The van der Waals surface area contributed by atoms with Crippen molar-refractivity contribution in [2.75, 3.05) is 25.1 Å². The summed E-state index contributed by atoms with van der Waals surface area (Å²) in [6, 6.07) is 15.0. The van der Waals surface area contributed by atoms with E-state index in [9.17, 15) is 4.79 Å². The van der Waals surface area contributed by atoms with Crippen LogP contribution >= 0.6 is 0 Å². The molecule has 0 aliphatic rings. The lowest BCUT2D eigenvalue weighted by Gasteiger charge is -2.17. The molecule has 8 heteroatoms. The van der Waals surface area contributed by atoms with E-state index in [0.717, 1.165) is 22.4 Å². The zero-order valence-electron chi connectivity index (χ0n) is 19.8. The Morgan fingerprint density at radius 3 is 2.21 bits per heavy atom. The Bertz CT molecular complexity index is 1270. The number of hydrogen-bond acceptors (Lipinski definition) is 6. The van der Waals surface area contributed by atoms with E-state index in [1.54, 1.807) is 23.0 Å². The summed E-state index contributed by atoms with van der Waals surface area (Å²) in [7, 11) is 0. The summed E-state index contributed by atoms with van der Waals surface area (Å²) in [6.07, 6.45) is 1.63. The number of aromatic nitrogens is 3. The zero-order chi connectivity index (χ0) is 24.1. The molecule has 0 bridgehead atoms. The number of fused-ring (bicyclic) bond motifs is 1. The van der Waals surface area contributed by atoms with Gasteiger partial charge in [0.15, 0.2) is 17.1 Å². The minimum atomic E-state index is -0.306. The molecule has 34 heavy (non-hydrogen) atoms. The fraction of sp³-hybridized carbons (Fsp3) is 0.269. The second kappa shape index (κ2) is 10.2. The van der Waals surface area contributed by atoms with Crippen molar-refractivity contribution < 1.29 is 19.0 Å². The van der Waals surface area contributed by atoms with Crippen LogP contribution in [0.15, 0.2) is 54.7 Å². The number of pyridine rings is 1. The molecule has 4 rings (SSSR count). The lowest BCUT2D eigenvalue weighted by Crippen LogP contribution is -2.13. The number of benzene rings is 2. The van der Waals surface area contributed by atoms with Gasteiger partial charge in [-0.1, -0.05) is 18.2 Å². The van der Waals surface area contributed by atoms with Gasteiger partial charge >= 0.3 is 0 Å². The Labute approximate surface area is 198 Å². The lowest BCUT2D eigenvalue weighted by molar-refractivity contribution is 0.102. The molecule has 0 fully saturated rings. The number of amides is 1. The Morgan fingerprint density at radius 1 is 0.941 bits per heavy atom. The zero-order valence-corrected chi connectivity index (χ0v) is 19.8. The van der Waals surface area contributed by atoms with Crippen molar-refractivity contribution in [2.24, 2.45) is 0 Å². The largest absolute Gasteiger partial charge is 0.490 e. The van der Waals surface area contributed by atoms with Crippen molar-refractivity contribution in [3.8, 4) is 22.9 Å². The maximum atomic E-state index is 13.1. The quantitative estimate of drug-likeness (QED) is 0.370. The summed E-state index contributed by atoms with van der Waals surface area (Å²) in [4.78, 5) is 17.7. The highest BCUT2D eigenvalue weighted by atomic mass is 16.5. The van der Waals surface area contributed by atoms with Gasteiger partial charge in [0.05, 0.1) is 43.1 Å². The van der Waals surface area contributed by atoms with Crippen molar-refractivity contribution in [3.63, 3.8) is 0 Å². The summed E-state index contributed by atoms with van der Waals surface area (Å²) < 4.78 is 19.0. The van der Waals surface area contributed by atoms with Gasteiger partial charge in [-0.05, 0) is 58.0 Å². The number of carbonyl (C=O) groups excluding carboxylic acids is 1. The first-order valence-corrected chi connectivity index (χ1v) is 11.3. The van der Waals surface area contributed by atoms with Gasteiger partial charge in [0.2, 0.25) is 5.75 Å². The molecule has 0 unspecified atom stereocenters. The second-order valence-corrected chi connectivity index (χ2v) is 7.48. The van der Waals surface area contributed by atoms with Crippen LogP contribution in [-0.2, 0) is 0 Å². The van der Waals surface area contributed by atoms with Crippen molar-refractivity contribution in [2.45, 2.75) is 27.7 Å². The van der Waals surface area contributed by atoms with Gasteiger partial charge in [0, 0.05) is 10.9 Å². The van der Waals surface area contributed by atoms with Crippen molar-refractivity contribution in [1.82, 2.24) is 14.8 Å². The summed E-state index contributed by atoms with van der Waals surface area (Å²) in [6.45, 7) is 8.88. The average Bonchev–Trinajstić information content (AvgIpc) is 3.17. The molecule has 1 N–H and O–H groups in total. The third-order valence-corrected chi connectivity index (χ3v) is 5.14. The van der Waals surface area contributed by atoms with Gasteiger partial charge in [-0.2, -0.15) is 5.10 Å². The van der Waals surface area contributed by atoms with E-state index in [0.29, 0.717) is 48.3 Å². The molecule has 0 saturated heterocycles. The van der Waals surface area contributed by atoms with E-state index in [1.165, 1.54) is 0 Å². The van der Waals surface area contributed by atoms with Gasteiger partial charge in [-0.15, -0.1) is 0 Å². The van der Waals surface area contributed by atoms with Gasteiger partial charge in [-0.25, -0.2) is 9.67 Å². The predicted molar refractivity (Wildman–Crippen MR) is 132 cm³/mol. The van der Waals surface area contributed by atoms with Crippen molar-refractivity contribution in [1.29, 1.82) is 0 Å². The second-order valence-electron chi connectivity index (χ2n) is 7.48. The molecule has 2 aromatic carbocycles. The topological polar surface area (TPSA) is 87.5 Å². The first-order chi connectivity index (χ1) is 16.5. The minimum Gasteiger partial charge on any atom is -0.490 e. The van der Waals surface area contributed by atoms with Crippen LogP contribution < -0.4 is 19.5 Å². The molecule has 0 spiro atoms. The fourth-order valence-electron chi connectivity index (χ4n) is 3.68. The number of rotatable bonds is 9. The van der Waals surface area contributed by atoms with Crippen molar-refractivity contribution in [3.05, 3.63) is 66.0 Å². The van der Waals surface area contributed by atoms with E-state index >= 15 is 0 Å². The van der Waals surface area contributed by atoms with Crippen LogP contribution in [0.3, 0.4) is 0 Å². The monoisotopic (exact) mass is 460 g/mol. The number of nitrogens with one attached hydrogen (secondary N) is 1. The number of carbonyl (C=O) groups is 1. The summed E-state index contributed by atoms with van der Waals surface area (Å²) >= 11 is 0. The smallest absolute Gasteiger partial charge is 0.255 e. The van der Waals surface area contributed by atoms with E-state index in [4.69, 9.17) is 14.2 Å². The van der Waals surface area contributed by atoms with E-state index in [2.05, 4.69) is 15.4 Å². The standard InChI is InChI=1S/C26H28N4O4/c1-5-32-22-13-18(14-23(33-6-2)24(22)34-7-3)26(31)28-19-15-21-17(4)29-30(25(21)27-16-19)20-11-9-8-10-12-20/h8-16H,5-7H2,1-4H3,(H,28,31). The summed E-state index contributed by atoms with van der Waals surface area (Å²) in [5, 5.41) is 8.41. The molecule has 176 valence electrons. The number of ether oxygens (including phenoxy) is 3. The van der Waals surface area contributed by atoms with Crippen LogP contribution in [0.4, 0.5) is 5.69 Å². The van der Waals surface area contributed by atoms with Gasteiger partial charge in [0.1, 0.15) is 0 Å². The van der Waals surface area contributed by atoms with Crippen LogP contribution in [0, 0.1) is 6.92 Å². The maximum absolute atomic E-state index is 13.1. The lowest BCUT2D eigenvalue weighted by atomic mass is 10.1. The van der Waals surface area contributed by atoms with Crippen LogP contribution in [0.5, 0.6) is 17.2 Å². The molecule has 1 amide bonds. The first-order valence-electron chi connectivity index (χ1n) is 11.3. The average molecular weight is 461 g/mol. The Hall–Kier alpha value is -4.07. The molecule has 2 aromatic heterocycles. The van der Waals surface area contributed by atoms with Crippen LogP contribution in [0.25, 0.3) is 16.7 Å². The predicted octanol–water partition coefficient (Wildman–Crippen LogP) is 5.18. The maximum Gasteiger partial charge on any atom is 0.255 e. The Kier molecular flexibility index (Phi) is 6.96. The third kappa shape index (κ3) is 4.66. The van der Waals surface area contributed by atoms with Gasteiger partial charge in [-0.3, -0.25) is 4.79 Å². The highest BCUT2D eigenvalue weighted by Gasteiger charge is 2.19. The molecule has 2 heterocycles. The third-order valence-electron chi connectivity index (χ3n) is 5.14. The van der Waals surface area contributed by atoms with E-state index in [-0.39, 0.29) is 5.91 Å². The molecule has 4 aromatic rings. The van der Waals surface area contributed by atoms with E-state index < -0.39 is 0 Å². The Morgan fingerprint density at radius 2 is 1.59 bits per heavy atom. The summed E-state index contributed by atoms with van der Waals surface area (Å²) in [5.74, 6) is 1.12. The van der Waals surface area contributed by atoms with Crippen LogP contribution in [0.2, 0.25) is 0 Å². The first kappa shape index (κ1) is 23.1. The normalized spacial score (nSPS) is 10.8. The molecule has 0 aliphatic carbocycles. The number of para-hydroxylation sites is 1. The SMILES string of the molecule is CCOc1cc(C(=O)Nc2cnc3c(c2)c(C)nn3-c2ccccc2)cc(OCC)c1OCC. The number of anilines is 1. The number of hydrogen-bond donors (Lipinski definition) is 1. The molecular formula is C26H28N4O4. The highest BCUT2D eigenvalue weighted by molar-refractivity contribution is 6.05. The van der Waals surface area contributed by atoms with Crippen LogP contribution in [-0.4, -0.2) is 40.5 Å². The molecule has 0 aliphatic heterocycles. The highest BCUT2D eigenvalue weighted by Crippen LogP contribution is 2.39. The number of aryl methyl sites for hydroxylation is 1. The van der Waals surface area contributed by atoms with E-state index in [1.807, 2.05) is 64.1 Å². The van der Waals surface area contributed by atoms with Crippen LogP contribution in [0.1, 0.15) is 36.8 Å². The molecule has 0 atom stereocenters. The fourth-order valence-corrected chi connectivity index (χ4v) is 3.68. The molecule has 8 nitrogen and oxygen atoms in total. The molecule has 0 saturated carbocycles.